The second kappa shape index (κ2) is 3.71. The van der Waals surface area contributed by atoms with Gasteiger partial charge in [-0.25, -0.2) is 15.0 Å². The number of carbonyl (C=O) groups is 1. The summed E-state index contributed by atoms with van der Waals surface area (Å²) in [5, 5.41) is 10.8. The first kappa shape index (κ1) is 9.08. The highest BCUT2D eigenvalue weighted by atomic mass is 16.1. The fourth-order valence-corrected chi connectivity index (χ4v) is 1.11. The molecule has 7 heteroatoms. The molecule has 0 aliphatic rings. The average Bonchev–Trinajstić information content (AvgIpc) is 2.67. The van der Waals surface area contributed by atoms with Crippen LogP contribution in [0, 0.1) is 11.3 Å². The van der Waals surface area contributed by atoms with Crippen LogP contribution in [0.15, 0.2) is 12.7 Å². The summed E-state index contributed by atoms with van der Waals surface area (Å²) in [7, 11) is 0. The highest BCUT2D eigenvalue weighted by Crippen LogP contribution is 2.14. The number of fused-ring (bicyclic) bond motifs is 1. The van der Waals surface area contributed by atoms with Crippen LogP contribution in [0.2, 0.25) is 0 Å². The minimum atomic E-state index is -0.410. The fraction of sp³-hybridized carbons (Fsp3) is 0.125. The largest absolute Gasteiger partial charge is 0.340 e. The second-order valence-corrected chi connectivity index (χ2v) is 2.71. The van der Waals surface area contributed by atoms with Gasteiger partial charge in [-0.2, -0.15) is 5.26 Å². The lowest BCUT2D eigenvalue weighted by atomic mass is 10.4. The Morgan fingerprint density at radius 3 is 3.20 bits per heavy atom. The molecule has 0 fully saturated rings. The predicted molar refractivity (Wildman–Crippen MR) is 50.5 cm³/mol. The molecule has 74 valence electrons. The van der Waals surface area contributed by atoms with Gasteiger partial charge >= 0.3 is 0 Å². The zero-order valence-electron chi connectivity index (χ0n) is 7.56. The smallest absolute Gasteiger partial charge is 0.239 e. The molecule has 0 saturated heterocycles. The molecule has 0 atom stereocenters. The summed E-state index contributed by atoms with van der Waals surface area (Å²) in [5.41, 5.74) is 1.01. The minimum Gasteiger partial charge on any atom is -0.340 e. The summed E-state index contributed by atoms with van der Waals surface area (Å²) < 4.78 is 0. The summed E-state index contributed by atoms with van der Waals surface area (Å²) in [5.74, 6) is -0.0788. The van der Waals surface area contributed by atoms with Crippen LogP contribution in [-0.2, 0) is 4.79 Å². The maximum absolute atomic E-state index is 11.1. The van der Waals surface area contributed by atoms with E-state index in [9.17, 15) is 4.79 Å². The van der Waals surface area contributed by atoms with Gasteiger partial charge in [-0.3, -0.25) is 4.79 Å². The standard InChI is InChI=1S/C8H6N6O/c9-2-1-5(15)14-8-6-7(11-3-10-6)12-4-13-8/h3-4H,1H2,(H2,10,11,12,13,14,15). The molecule has 0 aliphatic heterocycles. The number of aromatic nitrogens is 4. The van der Waals surface area contributed by atoms with E-state index >= 15 is 0 Å². The fourth-order valence-electron chi connectivity index (χ4n) is 1.11. The quantitative estimate of drug-likeness (QED) is 0.723. The predicted octanol–water partition coefficient (Wildman–Crippen LogP) is 0.205. The van der Waals surface area contributed by atoms with E-state index in [1.807, 2.05) is 0 Å². The van der Waals surface area contributed by atoms with E-state index in [0.717, 1.165) is 0 Å². The van der Waals surface area contributed by atoms with Gasteiger partial charge in [0.15, 0.2) is 11.5 Å². The van der Waals surface area contributed by atoms with Crippen molar-refractivity contribution in [2.75, 3.05) is 5.32 Å². The van der Waals surface area contributed by atoms with Crippen molar-refractivity contribution in [1.82, 2.24) is 19.9 Å². The van der Waals surface area contributed by atoms with Crippen LogP contribution in [-0.4, -0.2) is 25.8 Å². The number of imidazole rings is 1. The lowest BCUT2D eigenvalue weighted by molar-refractivity contribution is -0.115. The molecular formula is C8H6N6O. The van der Waals surface area contributed by atoms with Gasteiger partial charge in [-0.15, -0.1) is 0 Å². The van der Waals surface area contributed by atoms with Crippen LogP contribution in [0.5, 0.6) is 0 Å². The van der Waals surface area contributed by atoms with Gasteiger partial charge in [0.2, 0.25) is 5.91 Å². The number of nitrogens with zero attached hydrogens (tertiary/aromatic N) is 4. The third kappa shape index (κ3) is 1.73. The van der Waals surface area contributed by atoms with Crippen LogP contribution in [0.1, 0.15) is 6.42 Å². The Balaban J connectivity index is 2.32. The molecule has 2 N–H and O–H groups in total. The zero-order chi connectivity index (χ0) is 10.7. The Labute approximate surface area is 84.2 Å². The third-order valence-corrected chi connectivity index (χ3v) is 1.72. The van der Waals surface area contributed by atoms with Crippen molar-refractivity contribution >= 4 is 22.9 Å². The summed E-state index contributed by atoms with van der Waals surface area (Å²) in [6, 6.07) is 1.75. The van der Waals surface area contributed by atoms with Crippen LogP contribution in [0.3, 0.4) is 0 Å². The summed E-state index contributed by atoms with van der Waals surface area (Å²) >= 11 is 0. The number of amides is 1. The van der Waals surface area contributed by atoms with Gasteiger partial charge in [0.05, 0.1) is 12.4 Å². The first-order valence-corrected chi connectivity index (χ1v) is 4.12. The van der Waals surface area contributed by atoms with Crippen molar-refractivity contribution in [3.05, 3.63) is 12.7 Å². The van der Waals surface area contributed by atoms with E-state index < -0.39 is 5.91 Å². The van der Waals surface area contributed by atoms with Gasteiger partial charge in [0.25, 0.3) is 0 Å². The van der Waals surface area contributed by atoms with Crippen molar-refractivity contribution in [2.45, 2.75) is 6.42 Å². The van der Waals surface area contributed by atoms with E-state index in [0.29, 0.717) is 17.0 Å². The van der Waals surface area contributed by atoms with Gasteiger partial charge in [0, 0.05) is 0 Å². The molecule has 15 heavy (non-hydrogen) atoms. The Kier molecular flexibility index (Phi) is 2.25. The van der Waals surface area contributed by atoms with E-state index in [4.69, 9.17) is 5.26 Å². The number of nitriles is 1. The van der Waals surface area contributed by atoms with Gasteiger partial charge in [-0.05, 0) is 0 Å². The van der Waals surface area contributed by atoms with Crippen LogP contribution in [0.4, 0.5) is 5.82 Å². The first-order chi connectivity index (χ1) is 7.31. The van der Waals surface area contributed by atoms with Gasteiger partial charge in [-0.1, -0.05) is 0 Å². The van der Waals surface area contributed by atoms with Crippen molar-refractivity contribution in [3.63, 3.8) is 0 Å². The van der Waals surface area contributed by atoms with E-state index in [-0.39, 0.29) is 6.42 Å². The Hall–Kier alpha value is -2.49. The SMILES string of the molecule is N#CCC(=O)Nc1ncnc2nc[nH]c12. The van der Waals surface area contributed by atoms with E-state index in [2.05, 4.69) is 25.3 Å². The monoisotopic (exact) mass is 202 g/mol. The second-order valence-electron chi connectivity index (χ2n) is 2.71. The highest BCUT2D eigenvalue weighted by molar-refractivity contribution is 5.97. The van der Waals surface area contributed by atoms with Crippen LogP contribution >= 0.6 is 0 Å². The maximum atomic E-state index is 11.1. The highest BCUT2D eigenvalue weighted by Gasteiger charge is 2.08. The third-order valence-electron chi connectivity index (χ3n) is 1.72. The zero-order valence-corrected chi connectivity index (χ0v) is 7.56. The summed E-state index contributed by atoms with van der Waals surface area (Å²) in [6.07, 6.45) is 2.55. The minimum absolute atomic E-state index is 0.209. The molecule has 0 bridgehead atoms. The normalized spacial score (nSPS) is 9.80. The Morgan fingerprint density at radius 1 is 1.53 bits per heavy atom. The molecule has 2 aromatic heterocycles. The molecule has 0 unspecified atom stereocenters. The molecule has 7 nitrogen and oxygen atoms in total. The van der Waals surface area contributed by atoms with Crippen LogP contribution in [0.25, 0.3) is 11.2 Å². The van der Waals surface area contributed by atoms with E-state index in [1.54, 1.807) is 6.07 Å². The lowest BCUT2D eigenvalue weighted by Gasteiger charge is -2.00. The first-order valence-electron chi connectivity index (χ1n) is 4.12. The number of H-pyrrole nitrogens is 1. The van der Waals surface area contributed by atoms with Crippen molar-refractivity contribution in [3.8, 4) is 6.07 Å². The summed E-state index contributed by atoms with van der Waals surface area (Å²) in [6.45, 7) is 0. The van der Waals surface area contributed by atoms with E-state index in [1.165, 1.54) is 12.7 Å². The Morgan fingerprint density at radius 2 is 2.40 bits per heavy atom. The lowest BCUT2D eigenvalue weighted by Crippen LogP contribution is -2.11. The molecule has 0 saturated carbocycles. The molecule has 1 amide bonds. The average molecular weight is 202 g/mol. The number of carbonyl (C=O) groups excluding carboxylic acids is 1. The molecule has 0 radical (unpaired) electrons. The number of hydrogen-bond donors (Lipinski definition) is 2. The number of nitrogens with one attached hydrogen (secondary N) is 2. The van der Waals surface area contributed by atoms with Crippen LogP contribution < -0.4 is 5.32 Å². The molecule has 2 heterocycles. The van der Waals surface area contributed by atoms with Gasteiger partial charge < -0.3 is 10.3 Å². The number of hydrogen-bond acceptors (Lipinski definition) is 5. The van der Waals surface area contributed by atoms with Crippen molar-refractivity contribution in [1.29, 1.82) is 5.26 Å². The molecule has 2 aromatic rings. The van der Waals surface area contributed by atoms with Gasteiger partial charge in [0.1, 0.15) is 18.3 Å². The molecule has 0 spiro atoms. The maximum Gasteiger partial charge on any atom is 0.239 e. The molecule has 0 aromatic carbocycles. The number of rotatable bonds is 2. The van der Waals surface area contributed by atoms with Crippen molar-refractivity contribution in [2.24, 2.45) is 0 Å². The molecule has 0 aliphatic carbocycles. The Bertz CT molecular complexity index is 539. The number of anilines is 1. The number of aromatic amines is 1. The molecular weight excluding hydrogens is 196 g/mol. The van der Waals surface area contributed by atoms with Crippen molar-refractivity contribution < 1.29 is 4.79 Å². The topological polar surface area (TPSA) is 107 Å². The summed E-state index contributed by atoms with van der Waals surface area (Å²) in [4.78, 5) is 25.6. The molecule has 2 rings (SSSR count).